The largest absolute Gasteiger partial charge is 0.349 e. The lowest BCUT2D eigenvalue weighted by Gasteiger charge is -2.23. The van der Waals surface area contributed by atoms with Crippen LogP contribution in [-0.4, -0.2) is 16.9 Å². The number of hydrogen-bond acceptors (Lipinski definition) is 3. The van der Waals surface area contributed by atoms with E-state index < -0.39 is 0 Å². The van der Waals surface area contributed by atoms with E-state index in [1.54, 1.807) is 12.3 Å². The first-order valence-corrected chi connectivity index (χ1v) is 11.0. The summed E-state index contributed by atoms with van der Waals surface area (Å²) in [5.74, 6) is -0.529. The third kappa shape index (κ3) is 3.67. The molecule has 0 bridgehead atoms. The molecular formula is C26H24FN3O. The summed E-state index contributed by atoms with van der Waals surface area (Å²) in [5, 5.41) is 13.3. The number of aromatic nitrogens is 1. The fourth-order valence-electron chi connectivity index (χ4n) is 4.70. The molecule has 5 rings (SSSR count). The molecule has 5 heteroatoms. The van der Waals surface area contributed by atoms with Crippen molar-refractivity contribution in [3.63, 3.8) is 0 Å². The molecule has 1 aromatic heterocycles. The van der Waals surface area contributed by atoms with E-state index in [-0.39, 0.29) is 23.2 Å². The highest BCUT2D eigenvalue weighted by Crippen LogP contribution is 2.48. The van der Waals surface area contributed by atoms with Crippen LogP contribution < -0.4 is 5.32 Å². The third-order valence-corrected chi connectivity index (χ3v) is 6.71. The minimum atomic E-state index is -0.369. The van der Waals surface area contributed by atoms with Gasteiger partial charge in [-0.3, -0.25) is 9.78 Å². The molecule has 0 unspecified atom stereocenters. The number of halogens is 1. The van der Waals surface area contributed by atoms with Crippen molar-refractivity contribution in [1.82, 2.24) is 10.3 Å². The van der Waals surface area contributed by atoms with Crippen LogP contribution in [0.4, 0.5) is 4.39 Å². The minimum Gasteiger partial charge on any atom is -0.349 e. The second-order valence-electron chi connectivity index (χ2n) is 8.79. The van der Waals surface area contributed by atoms with E-state index in [4.69, 9.17) is 0 Å². The van der Waals surface area contributed by atoms with Crippen LogP contribution in [0.15, 0.2) is 48.7 Å². The van der Waals surface area contributed by atoms with Gasteiger partial charge in [0, 0.05) is 23.2 Å². The molecule has 31 heavy (non-hydrogen) atoms. The SMILES string of the molecule is N#CC1(c2ccc(-c3c(C(=O)NC4CCCCC4)cnc4ccc(F)cc34)cc2)CC1. The Labute approximate surface area is 181 Å². The number of carbonyl (C=O) groups is 1. The third-order valence-electron chi connectivity index (χ3n) is 6.71. The second kappa shape index (κ2) is 7.77. The highest BCUT2D eigenvalue weighted by Gasteiger charge is 2.44. The molecule has 2 saturated carbocycles. The fraction of sp³-hybridized carbons (Fsp3) is 0.346. The maximum Gasteiger partial charge on any atom is 0.253 e. The lowest BCUT2D eigenvalue weighted by molar-refractivity contribution is 0.0928. The summed E-state index contributed by atoms with van der Waals surface area (Å²) < 4.78 is 14.1. The highest BCUT2D eigenvalue weighted by molar-refractivity contribution is 6.08. The quantitative estimate of drug-likeness (QED) is 0.600. The van der Waals surface area contributed by atoms with Gasteiger partial charge in [0.25, 0.3) is 5.91 Å². The molecule has 0 spiro atoms. The molecule has 2 fully saturated rings. The zero-order valence-electron chi connectivity index (χ0n) is 17.3. The number of hydrogen-bond donors (Lipinski definition) is 1. The number of carbonyl (C=O) groups excluding carboxylic acids is 1. The van der Waals surface area contributed by atoms with Crippen LogP contribution in [0.3, 0.4) is 0 Å². The summed E-state index contributed by atoms with van der Waals surface area (Å²) in [7, 11) is 0. The van der Waals surface area contributed by atoms with Crippen molar-refractivity contribution < 1.29 is 9.18 Å². The van der Waals surface area contributed by atoms with Gasteiger partial charge in [-0.1, -0.05) is 43.5 Å². The summed E-state index contributed by atoms with van der Waals surface area (Å²) in [6.45, 7) is 0. The summed E-state index contributed by atoms with van der Waals surface area (Å²) in [6.07, 6.45) is 8.79. The number of pyridine rings is 1. The Morgan fingerprint density at radius 3 is 2.52 bits per heavy atom. The van der Waals surface area contributed by atoms with E-state index in [9.17, 15) is 14.4 Å². The van der Waals surface area contributed by atoms with Crippen LogP contribution >= 0.6 is 0 Å². The molecule has 3 aromatic rings. The van der Waals surface area contributed by atoms with Gasteiger partial charge in [-0.25, -0.2) is 4.39 Å². The predicted octanol–water partition coefficient (Wildman–Crippen LogP) is 5.66. The predicted molar refractivity (Wildman–Crippen MR) is 118 cm³/mol. The van der Waals surface area contributed by atoms with Gasteiger partial charge in [0.05, 0.1) is 22.6 Å². The van der Waals surface area contributed by atoms with Crippen LogP contribution in [0, 0.1) is 17.1 Å². The molecule has 2 aliphatic rings. The number of nitrogens with zero attached hydrogens (tertiary/aromatic N) is 2. The molecule has 1 heterocycles. The number of benzene rings is 2. The number of amides is 1. The number of nitrogens with one attached hydrogen (secondary N) is 1. The Kier molecular flexibility index (Phi) is 4.94. The average molecular weight is 413 g/mol. The lowest BCUT2D eigenvalue weighted by Crippen LogP contribution is -2.36. The fourth-order valence-corrected chi connectivity index (χ4v) is 4.70. The van der Waals surface area contributed by atoms with Crippen molar-refractivity contribution in [3.8, 4) is 17.2 Å². The van der Waals surface area contributed by atoms with E-state index in [0.29, 0.717) is 22.0 Å². The first-order chi connectivity index (χ1) is 15.1. The zero-order chi connectivity index (χ0) is 21.4. The van der Waals surface area contributed by atoms with Crippen molar-refractivity contribution >= 4 is 16.8 Å². The van der Waals surface area contributed by atoms with Gasteiger partial charge in [0.1, 0.15) is 5.82 Å². The van der Waals surface area contributed by atoms with Gasteiger partial charge in [-0.05, 0) is 55.0 Å². The first-order valence-electron chi connectivity index (χ1n) is 11.0. The van der Waals surface area contributed by atoms with E-state index in [2.05, 4.69) is 16.4 Å². The van der Waals surface area contributed by atoms with Crippen molar-refractivity contribution in [1.29, 1.82) is 5.26 Å². The normalized spacial score (nSPS) is 17.8. The molecule has 2 aromatic carbocycles. The van der Waals surface area contributed by atoms with Gasteiger partial charge in [-0.2, -0.15) is 5.26 Å². The summed E-state index contributed by atoms with van der Waals surface area (Å²) >= 11 is 0. The van der Waals surface area contributed by atoms with Crippen molar-refractivity contribution in [3.05, 3.63) is 65.6 Å². The zero-order valence-corrected chi connectivity index (χ0v) is 17.3. The number of rotatable bonds is 4. The monoisotopic (exact) mass is 413 g/mol. The Morgan fingerprint density at radius 1 is 1.10 bits per heavy atom. The van der Waals surface area contributed by atoms with Crippen LogP contribution in [0.1, 0.15) is 60.9 Å². The maximum atomic E-state index is 14.1. The van der Waals surface area contributed by atoms with Crippen LogP contribution in [0.25, 0.3) is 22.0 Å². The molecule has 0 atom stereocenters. The van der Waals surface area contributed by atoms with Gasteiger partial charge in [0.15, 0.2) is 0 Å². The van der Waals surface area contributed by atoms with Crippen LogP contribution in [0.2, 0.25) is 0 Å². The topological polar surface area (TPSA) is 65.8 Å². The van der Waals surface area contributed by atoms with E-state index >= 15 is 0 Å². The molecule has 156 valence electrons. The second-order valence-corrected chi connectivity index (χ2v) is 8.79. The average Bonchev–Trinajstić information content (AvgIpc) is 3.60. The van der Waals surface area contributed by atoms with Crippen molar-refractivity contribution in [2.75, 3.05) is 0 Å². The smallest absolute Gasteiger partial charge is 0.253 e. The van der Waals surface area contributed by atoms with Gasteiger partial charge >= 0.3 is 0 Å². The molecule has 0 radical (unpaired) electrons. The molecule has 0 aliphatic heterocycles. The standard InChI is InChI=1S/C26H24FN3O/c27-19-10-11-23-21(14-19)24(17-6-8-18(9-7-17)26(16-28)12-13-26)22(15-29-23)25(31)30-20-4-2-1-3-5-20/h6-11,14-15,20H,1-5,12-13H2,(H,30,31). The Balaban J connectivity index is 1.59. The van der Waals surface area contributed by atoms with E-state index in [1.807, 2.05) is 24.3 Å². The van der Waals surface area contributed by atoms with Crippen molar-refractivity contribution in [2.45, 2.75) is 56.4 Å². The van der Waals surface area contributed by atoms with Crippen LogP contribution in [-0.2, 0) is 5.41 Å². The number of nitriles is 1. The van der Waals surface area contributed by atoms with Gasteiger partial charge in [0.2, 0.25) is 0 Å². The van der Waals surface area contributed by atoms with Crippen molar-refractivity contribution in [2.24, 2.45) is 0 Å². The van der Waals surface area contributed by atoms with E-state index in [1.165, 1.54) is 18.6 Å². The van der Waals surface area contributed by atoms with Crippen LogP contribution in [0.5, 0.6) is 0 Å². The minimum absolute atomic E-state index is 0.166. The number of fused-ring (bicyclic) bond motifs is 1. The molecule has 0 saturated heterocycles. The van der Waals surface area contributed by atoms with Gasteiger partial charge in [-0.15, -0.1) is 0 Å². The molecule has 1 N–H and O–H groups in total. The van der Waals surface area contributed by atoms with E-state index in [0.717, 1.165) is 49.7 Å². The lowest BCUT2D eigenvalue weighted by atomic mass is 9.91. The van der Waals surface area contributed by atoms with Gasteiger partial charge < -0.3 is 5.32 Å². The molecule has 4 nitrogen and oxygen atoms in total. The Morgan fingerprint density at radius 2 is 1.84 bits per heavy atom. The molecule has 1 amide bonds. The molecule has 2 aliphatic carbocycles. The maximum absolute atomic E-state index is 14.1. The Bertz CT molecular complexity index is 1190. The first kappa shape index (κ1) is 19.7. The molecular weight excluding hydrogens is 389 g/mol. The Hall–Kier alpha value is -3.26. The highest BCUT2D eigenvalue weighted by atomic mass is 19.1. The summed E-state index contributed by atoms with van der Waals surface area (Å²) in [4.78, 5) is 17.7. The summed E-state index contributed by atoms with van der Waals surface area (Å²) in [5.41, 5.74) is 3.24. The summed E-state index contributed by atoms with van der Waals surface area (Å²) in [6, 6.07) is 14.8.